The van der Waals surface area contributed by atoms with Crippen LogP contribution in [-0.2, 0) is 14.6 Å². The van der Waals surface area contributed by atoms with Crippen LogP contribution in [0.2, 0.25) is 0 Å². The molecule has 1 amide bonds. The molecule has 0 spiro atoms. The zero-order chi connectivity index (χ0) is 9.90. The molecular formula is C7H15ClN2O3S. The Bertz CT molecular complexity index is 291. The third kappa shape index (κ3) is 4.78. The molecule has 14 heavy (non-hydrogen) atoms. The molecule has 0 aromatic carbocycles. The minimum absolute atomic E-state index is 0. The molecule has 0 atom stereocenters. The monoisotopic (exact) mass is 242 g/mol. The minimum atomic E-state index is -2.96. The predicted molar refractivity (Wildman–Crippen MR) is 56.4 cm³/mol. The zero-order valence-corrected chi connectivity index (χ0v) is 9.66. The van der Waals surface area contributed by atoms with Crippen LogP contribution in [0.3, 0.4) is 0 Å². The molecule has 0 bridgehead atoms. The summed E-state index contributed by atoms with van der Waals surface area (Å²) < 4.78 is 21.7. The van der Waals surface area contributed by atoms with Gasteiger partial charge in [-0.3, -0.25) is 4.79 Å². The molecule has 1 heterocycles. The average Bonchev–Trinajstić information content (AvgIpc) is 2.01. The molecule has 5 nitrogen and oxygen atoms in total. The van der Waals surface area contributed by atoms with Crippen molar-refractivity contribution in [3.05, 3.63) is 0 Å². The molecule has 84 valence electrons. The molecule has 1 N–H and O–H groups in total. The summed E-state index contributed by atoms with van der Waals surface area (Å²) in [6.45, 7) is 1.99. The number of nitrogens with zero attached hydrogens (tertiary/aromatic N) is 1. The summed E-state index contributed by atoms with van der Waals surface area (Å²) in [4.78, 5) is 12.8. The van der Waals surface area contributed by atoms with Crippen molar-refractivity contribution < 1.29 is 13.2 Å². The van der Waals surface area contributed by atoms with E-state index in [0.29, 0.717) is 19.6 Å². The summed E-state index contributed by atoms with van der Waals surface area (Å²) in [5.74, 6) is 0.0357. The standard InChI is InChI=1S/C7H14N2O3S.ClH/c1-13(11,12)5-4-9-3-2-8-6-7(9)10;/h8H,2-6H2,1H3;1H. The van der Waals surface area contributed by atoms with Gasteiger partial charge in [-0.15, -0.1) is 12.4 Å². The van der Waals surface area contributed by atoms with Crippen molar-refractivity contribution >= 4 is 28.2 Å². The maximum Gasteiger partial charge on any atom is 0.236 e. The number of sulfone groups is 1. The number of halogens is 1. The second-order valence-corrected chi connectivity index (χ2v) is 5.45. The maximum absolute atomic E-state index is 11.2. The van der Waals surface area contributed by atoms with E-state index in [1.807, 2.05) is 0 Å². The van der Waals surface area contributed by atoms with E-state index in [1.54, 1.807) is 4.90 Å². The van der Waals surface area contributed by atoms with Gasteiger partial charge in [-0.1, -0.05) is 0 Å². The van der Waals surface area contributed by atoms with Crippen molar-refractivity contribution in [2.24, 2.45) is 0 Å². The third-order valence-electron chi connectivity index (χ3n) is 1.92. The number of carbonyl (C=O) groups is 1. The summed E-state index contributed by atoms with van der Waals surface area (Å²) in [5, 5.41) is 2.92. The summed E-state index contributed by atoms with van der Waals surface area (Å²) in [6.07, 6.45) is 1.18. The minimum Gasteiger partial charge on any atom is -0.339 e. The second kappa shape index (κ2) is 5.53. The molecule has 1 fully saturated rings. The van der Waals surface area contributed by atoms with Crippen LogP contribution in [0.1, 0.15) is 0 Å². The molecule has 0 saturated carbocycles. The van der Waals surface area contributed by atoms with Crippen LogP contribution < -0.4 is 5.32 Å². The fourth-order valence-corrected chi connectivity index (χ4v) is 1.71. The van der Waals surface area contributed by atoms with E-state index in [9.17, 15) is 13.2 Å². The van der Waals surface area contributed by atoms with Crippen molar-refractivity contribution in [1.29, 1.82) is 0 Å². The topological polar surface area (TPSA) is 66.5 Å². The molecule has 1 rings (SSSR count). The smallest absolute Gasteiger partial charge is 0.236 e. The number of rotatable bonds is 3. The first-order valence-corrected chi connectivity index (χ1v) is 6.21. The Morgan fingerprint density at radius 2 is 2.14 bits per heavy atom. The van der Waals surface area contributed by atoms with Gasteiger partial charge in [-0.2, -0.15) is 0 Å². The molecular weight excluding hydrogens is 228 g/mol. The summed E-state index contributed by atoms with van der Waals surface area (Å²) in [5.41, 5.74) is 0. The van der Waals surface area contributed by atoms with Crippen molar-refractivity contribution in [1.82, 2.24) is 10.2 Å². The first-order chi connectivity index (χ1) is 5.99. The lowest BCUT2D eigenvalue weighted by Gasteiger charge is -2.26. The number of carbonyl (C=O) groups excluding carboxylic acids is 1. The highest BCUT2D eigenvalue weighted by molar-refractivity contribution is 7.90. The van der Waals surface area contributed by atoms with Crippen molar-refractivity contribution in [3.8, 4) is 0 Å². The molecule has 1 saturated heterocycles. The van der Waals surface area contributed by atoms with Crippen molar-refractivity contribution in [2.45, 2.75) is 0 Å². The largest absolute Gasteiger partial charge is 0.339 e. The van der Waals surface area contributed by atoms with Crippen molar-refractivity contribution in [3.63, 3.8) is 0 Å². The molecule has 0 aromatic rings. The van der Waals surface area contributed by atoms with Gasteiger partial charge in [0.25, 0.3) is 0 Å². The van der Waals surface area contributed by atoms with E-state index in [1.165, 1.54) is 6.26 Å². The molecule has 7 heteroatoms. The molecule has 1 aliphatic heterocycles. The summed E-state index contributed by atoms with van der Waals surface area (Å²) >= 11 is 0. The first-order valence-electron chi connectivity index (χ1n) is 4.15. The van der Waals surface area contributed by atoms with Gasteiger partial charge in [-0.25, -0.2) is 8.42 Å². The second-order valence-electron chi connectivity index (χ2n) is 3.19. The molecule has 0 radical (unpaired) electrons. The van der Waals surface area contributed by atoms with Gasteiger partial charge >= 0.3 is 0 Å². The third-order valence-corrected chi connectivity index (χ3v) is 2.84. The lowest BCUT2D eigenvalue weighted by molar-refractivity contribution is -0.131. The van der Waals surface area contributed by atoms with Gasteiger partial charge in [0.15, 0.2) is 0 Å². The van der Waals surface area contributed by atoms with Crippen LogP contribution in [-0.4, -0.2) is 57.4 Å². The van der Waals surface area contributed by atoms with E-state index in [-0.39, 0.29) is 24.1 Å². The van der Waals surface area contributed by atoms with Crippen LogP contribution in [0.15, 0.2) is 0 Å². The Labute approximate surface area is 90.2 Å². The number of piperazine rings is 1. The highest BCUT2D eigenvalue weighted by Crippen LogP contribution is 1.95. The number of hydrogen-bond donors (Lipinski definition) is 1. The Morgan fingerprint density at radius 1 is 1.50 bits per heavy atom. The van der Waals surface area contributed by atoms with Gasteiger partial charge < -0.3 is 10.2 Å². The van der Waals surface area contributed by atoms with Crippen LogP contribution in [0.25, 0.3) is 0 Å². The predicted octanol–water partition coefficient (Wildman–Crippen LogP) is -1.12. The fraction of sp³-hybridized carbons (Fsp3) is 0.857. The number of nitrogens with one attached hydrogen (secondary N) is 1. The molecule has 1 aliphatic rings. The average molecular weight is 243 g/mol. The van der Waals surface area contributed by atoms with Crippen molar-refractivity contribution in [2.75, 3.05) is 38.2 Å². The lowest BCUT2D eigenvalue weighted by Crippen LogP contribution is -2.49. The van der Waals surface area contributed by atoms with Crippen LogP contribution in [0.4, 0.5) is 0 Å². The van der Waals surface area contributed by atoms with E-state index < -0.39 is 9.84 Å². The zero-order valence-electron chi connectivity index (χ0n) is 8.02. The van der Waals surface area contributed by atoms with Gasteiger partial charge in [0.2, 0.25) is 5.91 Å². The summed E-state index contributed by atoms with van der Waals surface area (Å²) in [6, 6.07) is 0. The van der Waals surface area contributed by atoms with E-state index in [0.717, 1.165) is 6.54 Å². The number of hydrogen-bond acceptors (Lipinski definition) is 4. The summed E-state index contributed by atoms with van der Waals surface area (Å²) in [7, 11) is -2.96. The Balaban J connectivity index is 0.00000169. The Kier molecular flexibility index (Phi) is 5.40. The molecule has 0 aromatic heterocycles. The van der Waals surface area contributed by atoms with Gasteiger partial charge in [-0.05, 0) is 0 Å². The van der Waals surface area contributed by atoms with Crippen LogP contribution in [0, 0.1) is 0 Å². The maximum atomic E-state index is 11.2. The van der Waals surface area contributed by atoms with E-state index >= 15 is 0 Å². The van der Waals surface area contributed by atoms with E-state index in [2.05, 4.69) is 5.32 Å². The van der Waals surface area contributed by atoms with Crippen LogP contribution in [0.5, 0.6) is 0 Å². The van der Waals surface area contributed by atoms with Crippen LogP contribution >= 0.6 is 12.4 Å². The Morgan fingerprint density at radius 3 is 2.64 bits per heavy atom. The number of amides is 1. The first kappa shape index (κ1) is 13.7. The normalized spacial score (nSPS) is 17.8. The molecule has 0 unspecified atom stereocenters. The van der Waals surface area contributed by atoms with Gasteiger partial charge in [0, 0.05) is 25.9 Å². The quantitative estimate of drug-likeness (QED) is 0.681. The van der Waals surface area contributed by atoms with E-state index in [4.69, 9.17) is 0 Å². The van der Waals surface area contributed by atoms with Gasteiger partial charge in [0.05, 0.1) is 12.3 Å². The Hall–Kier alpha value is -0.330. The SMILES string of the molecule is CS(=O)(=O)CCN1CCNCC1=O.Cl. The van der Waals surface area contributed by atoms with Gasteiger partial charge in [0.1, 0.15) is 9.84 Å². The lowest BCUT2D eigenvalue weighted by atomic mass is 10.3. The molecule has 0 aliphatic carbocycles. The highest BCUT2D eigenvalue weighted by atomic mass is 35.5. The highest BCUT2D eigenvalue weighted by Gasteiger charge is 2.18. The fourth-order valence-electron chi connectivity index (χ4n) is 1.16.